The van der Waals surface area contributed by atoms with Crippen molar-refractivity contribution in [3.8, 4) is 6.07 Å². The lowest BCUT2D eigenvalue weighted by Crippen LogP contribution is -2.42. The summed E-state index contributed by atoms with van der Waals surface area (Å²) in [4.78, 5) is 23.3. The van der Waals surface area contributed by atoms with Crippen molar-refractivity contribution in [1.82, 2.24) is 10.2 Å². The van der Waals surface area contributed by atoms with Crippen LogP contribution in [0.1, 0.15) is 12.8 Å². The molecule has 0 saturated heterocycles. The van der Waals surface area contributed by atoms with Crippen LogP contribution < -0.4 is 5.32 Å². The van der Waals surface area contributed by atoms with Crippen LogP contribution in [0.15, 0.2) is 0 Å². The van der Waals surface area contributed by atoms with E-state index in [1.165, 1.54) is 12.0 Å². The number of nitriles is 1. The second-order valence-corrected chi connectivity index (χ2v) is 3.47. The van der Waals surface area contributed by atoms with Crippen molar-refractivity contribution in [2.24, 2.45) is 0 Å². The lowest BCUT2D eigenvalue weighted by molar-refractivity contribution is -0.139. The topological polar surface area (TPSA) is 103 Å². The number of aliphatic carboxylic acids is 1. The normalized spacial score (nSPS) is 11.4. The second-order valence-electron chi connectivity index (χ2n) is 3.47. The minimum atomic E-state index is -0.982. The highest BCUT2D eigenvalue weighted by molar-refractivity contribution is 5.74. The molecule has 0 saturated carbocycles. The first-order valence-electron chi connectivity index (χ1n) is 5.11. The number of carboxylic acid groups (broad SMARTS) is 1. The molecule has 1 unspecified atom stereocenters. The van der Waals surface area contributed by atoms with E-state index < -0.39 is 12.1 Å². The molecule has 0 rings (SSSR count). The molecule has 2 N–H and O–H groups in total. The lowest BCUT2D eigenvalue weighted by atomic mass is 10.2. The summed E-state index contributed by atoms with van der Waals surface area (Å²) in [5.74, 6) is -0.982. The third-order valence-electron chi connectivity index (χ3n) is 2.12. The minimum absolute atomic E-state index is 0.124. The van der Waals surface area contributed by atoms with Crippen LogP contribution in [0, 0.1) is 11.3 Å². The smallest absolute Gasteiger partial charge is 0.317 e. The van der Waals surface area contributed by atoms with E-state index in [0.29, 0.717) is 6.54 Å². The third kappa shape index (κ3) is 7.14. The Morgan fingerprint density at radius 2 is 2.24 bits per heavy atom. The molecule has 0 aromatic rings. The second kappa shape index (κ2) is 8.35. The van der Waals surface area contributed by atoms with Gasteiger partial charge in [-0.15, -0.1) is 0 Å². The molecule has 0 aromatic carbocycles. The van der Waals surface area contributed by atoms with Crippen LogP contribution in [0.25, 0.3) is 0 Å². The largest absolute Gasteiger partial charge is 0.481 e. The molecular weight excluding hydrogens is 226 g/mol. The fraction of sp³-hybridized carbons (Fsp3) is 0.700. The standard InChI is InChI=1S/C10H17N3O4/c1-13(5-3-4-11)10(16)12-7-8(17-2)6-9(14)15/h8H,3,5-7H2,1-2H3,(H,12,16)(H,14,15). The van der Waals surface area contributed by atoms with Crippen LogP contribution in [0.5, 0.6) is 0 Å². The zero-order chi connectivity index (χ0) is 13.3. The highest BCUT2D eigenvalue weighted by atomic mass is 16.5. The Labute approximate surface area is 100.0 Å². The van der Waals surface area contributed by atoms with Gasteiger partial charge in [-0.3, -0.25) is 4.79 Å². The number of carbonyl (C=O) groups excluding carboxylic acids is 1. The highest BCUT2D eigenvalue weighted by Crippen LogP contribution is 1.96. The van der Waals surface area contributed by atoms with Gasteiger partial charge in [0.1, 0.15) is 0 Å². The van der Waals surface area contributed by atoms with Crippen molar-refractivity contribution >= 4 is 12.0 Å². The Bertz CT molecular complexity index is 300. The Morgan fingerprint density at radius 3 is 2.71 bits per heavy atom. The molecule has 0 aromatic heterocycles. The van der Waals surface area contributed by atoms with Gasteiger partial charge in [0.2, 0.25) is 0 Å². The third-order valence-corrected chi connectivity index (χ3v) is 2.12. The first kappa shape index (κ1) is 15.2. The van der Waals surface area contributed by atoms with E-state index in [4.69, 9.17) is 15.1 Å². The lowest BCUT2D eigenvalue weighted by Gasteiger charge is -2.19. The summed E-state index contributed by atoms with van der Waals surface area (Å²) in [6, 6.07) is 1.58. The van der Waals surface area contributed by atoms with Crippen molar-refractivity contribution in [3.05, 3.63) is 0 Å². The first-order valence-corrected chi connectivity index (χ1v) is 5.11. The van der Waals surface area contributed by atoms with E-state index in [0.717, 1.165) is 0 Å². The van der Waals surface area contributed by atoms with Gasteiger partial charge in [-0.25, -0.2) is 4.79 Å². The SMILES string of the molecule is COC(CNC(=O)N(C)CCC#N)CC(=O)O. The summed E-state index contributed by atoms with van der Waals surface area (Å²) < 4.78 is 4.91. The van der Waals surface area contributed by atoms with Gasteiger partial charge in [0.05, 0.1) is 25.0 Å². The summed E-state index contributed by atoms with van der Waals surface area (Å²) in [6.45, 7) is 0.456. The molecule has 0 spiro atoms. The number of carbonyl (C=O) groups is 2. The zero-order valence-electron chi connectivity index (χ0n) is 9.97. The number of hydrogen-bond acceptors (Lipinski definition) is 4. The number of nitrogens with zero attached hydrogens (tertiary/aromatic N) is 2. The predicted octanol–water partition coefficient (Wildman–Crippen LogP) is 0.0312. The van der Waals surface area contributed by atoms with Crippen molar-refractivity contribution in [3.63, 3.8) is 0 Å². The Hall–Kier alpha value is -1.81. The summed E-state index contributed by atoms with van der Waals surface area (Å²) in [5, 5.41) is 19.5. The highest BCUT2D eigenvalue weighted by Gasteiger charge is 2.14. The zero-order valence-corrected chi connectivity index (χ0v) is 9.97. The summed E-state index contributed by atoms with van der Waals surface area (Å²) in [5.41, 5.74) is 0. The molecule has 0 aliphatic heterocycles. The van der Waals surface area contributed by atoms with Crippen LogP contribution in [0.4, 0.5) is 4.79 Å². The summed E-state index contributed by atoms with van der Waals surface area (Å²) in [7, 11) is 2.95. The molecule has 7 nitrogen and oxygen atoms in total. The van der Waals surface area contributed by atoms with Crippen LogP contribution in [-0.4, -0.2) is 55.4 Å². The number of rotatable bonds is 7. The Balaban J connectivity index is 3.95. The Morgan fingerprint density at radius 1 is 1.59 bits per heavy atom. The maximum absolute atomic E-state index is 11.5. The number of nitrogens with one attached hydrogen (secondary N) is 1. The first-order chi connectivity index (χ1) is 8.01. The average molecular weight is 243 g/mol. The fourth-order valence-electron chi connectivity index (χ4n) is 1.09. The molecule has 0 fully saturated rings. The maximum Gasteiger partial charge on any atom is 0.317 e. The van der Waals surface area contributed by atoms with E-state index in [2.05, 4.69) is 5.32 Å². The van der Waals surface area contributed by atoms with Gasteiger partial charge < -0.3 is 20.1 Å². The van der Waals surface area contributed by atoms with E-state index in [-0.39, 0.29) is 25.4 Å². The number of hydrogen-bond donors (Lipinski definition) is 2. The van der Waals surface area contributed by atoms with E-state index in [9.17, 15) is 9.59 Å². The van der Waals surface area contributed by atoms with Crippen LogP contribution in [-0.2, 0) is 9.53 Å². The fourth-order valence-corrected chi connectivity index (χ4v) is 1.09. The van der Waals surface area contributed by atoms with Crippen molar-refractivity contribution in [2.45, 2.75) is 18.9 Å². The van der Waals surface area contributed by atoms with E-state index in [1.807, 2.05) is 6.07 Å². The van der Waals surface area contributed by atoms with Gasteiger partial charge in [0.25, 0.3) is 0 Å². The average Bonchev–Trinajstić information content (AvgIpc) is 2.30. The van der Waals surface area contributed by atoms with Gasteiger partial charge in [-0.1, -0.05) is 0 Å². The molecule has 0 bridgehead atoms. The van der Waals surface area contributed by atoms with Crippen LogP contribution in [0.2, 0.25) is 0 Å². The van der Waals surface area contributed by atoms with Crippen LogP contribution >= 0.6 is 0 Å². The van der Waals surface area contributed by atoms with Crippen LogP contribution in [0.3, 0.4) is 0 Å². The molecule has 96 valence electrons. The monoisotopic (exact) mass is 243 g/mol. The molecule has 7 heteroatoms. The van der Waals surface area contributed by atoms with Gasteiger partial charge in [-0.05, 0) is 0 Å². The van der Waals surface area contributed by atoms with Crippen molar-refractivity contribution in [1.29, 1.82) is 5.26 Å². The number of urea groups is 1. The quantitative estimate of drug-likeness (QED) is 0.656. The van der Waals surface area contributed by atoms with Crippen molar-refractivity contribution < 1.29 is 19.4 Å². The Kier molecular flexibility index (Phi) is 7.46. The van der Waals surface area contributed by atoms with E-state index >= 15 is 0 Å². The molecule has 1 atom stereocenters. The molecule has 0 radical (unpaired) electrons. The number of methoxy groups -OCH3 is 1. The molecule has 0 heterocycles. The predicted molar refractivity (Wildman–Crippen MR) is 59.3 cm³/mol. The van der Waals surface area contributed by atoms with Gasteiger partial charge >= 0.3 is 12.0 Å². The minimum Gasteiger partial charge on any atom is -0.481 e. The number of ether oxygens (including phenoxy) is 1. The van der Waals surface area contributed by atoms with Crippen molar-refractivity contribution in [2.75, 3.05) is 27.2 Å². The molecular formula is C10H17N3O4. The molecule has 0 aliphatic rings. The van der Waals surface area contributed by atoms with Gasteiger partial charge in [0, 0.05) is 27.2 Å². The molecule has 2 amide bonds. The molecule has 17 heavy (non-hydrogen) atoms. The van der Waals surface area contributed by atoms with E-state index in [1.54, 1.807) is 7.05 Å². The maximum atomic E-state index is 11.5. The summed E-state index contributed by atoms with van der Waals surface area (Å²) in [6.07, 6.45) is -0.466. The molecule has 0 aliphatic carbocycles. The summed E-state index contributed by atoms with van der Waals surface area (Å²) >= 11 is 0. The van der Waals surface area contributed by atoms with Gasteiger partial charge in [0.15, 0.2) is 0 Å². The number of carboxylic acids is 1. The number of amides is 2. The van der Waals surface area contributed by atoms with Gasteiger partial charge in [-0.2, -0.15) is 5.26 Å².